The number of aliphatic imine (C=N–C) groups is 1. The van der Waals surface area contributed by atoms with Crippen molar-refractivity contribution < 1.29 is 0 Å². The predicted molar refractivity (Wildman–Crippen MR) is 91.9 cm³/mol. The van der Waals surface area contributed by atoms with Crippen LogP contribution in [0.3, 0.4) is 0 Å². The zero-order valence-electron chi connectivity index (χ0n) is 12.6. The second-order valence-corrected chi connectivity index (χ2v) is 6.35. The summed E-state index contributed by atoms with van der Waals surface area (Å²) < 4.78 is 0. The molecular formula is C15H21ClN4S. The van der Waals surface area contributed by atoms with Gasteiger partial charge in [0.15, 0.2) is 0 Å². The topological polar surface area (TPSA) is 67.6 Å². The second kappa shape index (κ2) is 6.83. The third kappa shape index (κ3) is 3.43. The molecule has 1 aliphatic heterocycles. The van der Waals surface area contributed by atoms with E-state index in [0.29, 0.717) is 5.02 Å². The molecule has 6 heteroatoms. The standard InChI is InChI=1S/C15H21ClN4S/c1-9-14(17)13(4-5-20(9)3)15(19-2)10-6-11(16)8-12(7-10)21-18/h6-9H,4-5,17-18H2,1-3H3. The molecule has 1 atom stereocenters. The third-order valence-electron chi connectivity index (χ3n) is 3.96. The van der Waals surface area contributed by atoms with E-state index in [1.54, 1.807) is 7.05 Å². The van der Waals surface area contributed by atoms with Gasteiger partial charge in [0, 0.05) is 40.8 Å². The fourth-order valence-corrected chi connectivity index (χ4v) is 3.27. The highest BCUT2D eigenvalue weighted by molar-refractivity contribution is 7.97. The van der Waals surface area contributed by atoms with Gasteiger partial charge in [-0.15, -0.1) is 0 Å². The van der Waals surface area contributed by atoms with Crippen LogP contribution in [0.1, 0.15) is 18.9 Å². The molecule has 0 saturated carbocycles. The van der Waals surface area contributed by atoms with Gasteiger partial charge >= 0.3 is 0 Å². The highest BCUT2D eigenvalue weighted by Gasteiger charge is 2.25. The number of likely N-dealkylation sites (N-methyl/N-ethyl adjacent to an activating group) is 1. The van der Waals surface area contributed by atoms with E-state index in [9.17, 15) is 0 Å². The summed E-state index contributed by atoms with van der Waals surface area (Å²) in [5.41, 5.74) is 10.2. The van der Waals surface area contributed by atoms with E-state index in [1.807, 2.05) is 18.2 Å². The first-order chi connectivity index (χ1) is 9.97. The molecular weight excluding hydrogens is 304 g/mol. The SMILES string of the molecule is CN=C(C1=C(N)C(C)N(C)CC1)c1cc(Cl)cc(SN)c1. The van der Waals surface area contributed by atoms with Crippen LogP contribution < -0.4 is 10.9 Å². The van der Waals surface area contributed by atoms with Crippen molar-refractivity contribution in [2.45, 2.75) is 24.3 Å². The fourth-order valence-electron chi connectivity index (χ4n) is 2.58. The molecule has 0 bridgehead atoms. The van der Waals surface area contributed by atoms with E-state index in [2.05, 4.69) is 23.9 Å². The molecule has 0 radical (unpaired) electrons. The van der Waals surface area contributed by atoms with Gasteiger partial charge in [0.1, 0.15) is 0 Å². The minimum atomic E-state index is 0.216. The largest absolute Gasteiger partial charge is 0.400 e. The molecule has 1 aromatic rings. The summed E-state index contributed by atoms with van der Waals surface area (Å²) in [5.74, 6) is 0. The normalized spacial score (nSPS) is 21.0. The van der Waals surface area contributed by atoms with Crippen LogP contribution >= 0.6 is 23.5 Å². The Morgan fingerprint density at radius 1 is 1.43 bits per heavy atom. The molecule has 21 heavy (non-hydrogen) atoms. The summed E-state index contributed by atoms with van der Waals surface area (Å²) in [7, 11) is 3.87. The van der Waals surface area contributed by atoms with Crippen LogP contribution in [0.4, 0.5) is 0 Å². The van der Waals surface area contributed by atoms with Crippen molar-refractivity contribution in [1.82, 2.24) is 4.90 Å². The third-order valence-corrected chi connectivity index (χ3v) is 4.69. The van der Waals surface area contributed by atoms with Crippen LogP contribution in [0.5, 0.6) is 0 Å². The number of nitrogens with zero attached hydrogens (tertiary/aromatic N) is 2. The quantitative estimate of drug-likeness (QED) is 0.662. The number of rotatable bonds is 3. The van der Waals surface area contributed by atoms with Crippen molar-refractivity contribution in [2.24, 2.45) is 15.9 Å². The number of benzene rings is 1. The maximum atomic E-state index is 6.33. The smallest absolute Gasteiger partial charge is 0.0694 e. The lowest BCUT2D eigenvalue weighted by atomic mass is 9.92. The van der Waals surface area contributed by atoms with Gasteiger partial charge in [-0.3, -0.25) is 15.0 Å². The first-order valence-electron chi connectivity index (χ1n) is 6.81. The predicted octanol–water partition coefficient (Wildman–Crippen LogP) is 2.66. The maximum absolute atomic E-state index is 6.33. The Balaban J connectivity index is 2.48. The Labute approximate surface area is 135 Å². The zero-order chi connectivity index (χ0) is 15.6. The van der Waals surface area contributed by atoms with Crippen LogP contribution in [-0.2, 0) is 0 Å². The van der Waals surface area contributed by atoms with Gasteiger partial charge in [-0.1, -0.05) is 11.6 Å². The number of nitrogens with two attached hydrogens (primary N) is 2. The van der Waals surface area contributed by atoms with E-state index < -0.39 is 0 Å². The molecule has 0 fully saturated rings. The molecule has 0 aromatic heterocycles. The summed E-state index contributed by atoms with van der Waals surface area (Å²) in [4.78, 5) is 7.62. The summed E-state index contributed by atoms with van der Waals surface area (Å²) in [6.45, 7) is 3.08. The van der Waals surface area contributed by atoms with Crippen molar-refractivity contribution >= 4 is 29.3 Å². The van der Waals surface area contributed by atoms with Gasteiger partial charge in [-0.2, -0.15) is 0 Å². The Kier molecular flexibility index (Phi) is 5.32. The number of hydrogen-bond donors (Lipinski definition) is 2. The summed E-state index contributed by atoms with van der Waals surface area (Å²) >= 11 is 7.36. The van der Waals surface area contributed by atoms with E-state index in [-0.39, 0.29) is 6.04 Å². The van der Waals surface area contributed by atoms with Gasteiger partial charge < -0.3 is 5.73 Å². The summed E-state index contributed by atoms with van der Waals surface area (Å²) in [6.07, 6.45) is 0.886. The Morgan fingerprint density at radius 2 is 2.14 bits per heavy atom. The molecule has 1 aliphatic rings. The van der Waals surface area contributed by atoms with Gasteiger partial charge in [0.25, 0.3) is 0 Å². The second-order valence-electron chi connectivity index (χ2n) is 5.21. The van der Waals surface area contributed by atoms with Crippen molar-refractivity contribution in [3.8, 4) is 0 Å². The van der Waals surface area contributed by atoms with Crippen molar-refractivity contribution in [3.63, 3.8) is 0 Å². The molecule has 0 amide bonds. The van der Waals surface area contributed by atoms with Gasteiger partial charge in [-0.05, 0) is 56.1 Å². The molecule has 1 aromatic carbocycles. The summed E-state index contributed by atoms with van der Waals surface area (Å²) in [6, 6.07) is 5.97. The van der Waals surface area contributed by atoms with Crippen LogP contribution in [0, 0.1) is 0 Å². The van der Waals surface area contributed by atoms with E-state index in [0.717, 1.165) is 40.4 Å². The average molecular weight is 325 g/mol. The van der Waals surface area contributed by atoms with E-state index >= 15 is 0 Å². The number of halogens is 1. The Hall–Kier alpha value is -1.01. The number of hydrogen-bond acceptors (Lipinski definition) is 5. The maximum Gasteiger partial charge on any atom is 0.0694 e. The van der Waals surface area contributed by atoms with Crippen molar-refractivity contribution in [3.05, 3.63) is 40.1 Å². The molecule has 0 aliphatic carbocycles. The molecule has 1 unspecified atom stereocenters. The van der Waals surface area contributed by atoms with Crippen molar-refractivity contribution in [2.75, 3.05) is 20.6 Å². The first kappa shape index (κ1) is 16.4. The molecule has 4 nitrogen and oxygen atoms in total. The molecule has 1 heterocycles. The molecule has 4 N–H and O–H groups in total. The molecule has 2 rings (SSSR count). The minimum Gasteiger partial charge on any atom is -0.400 e. The van der Waals surface area contributed by atoms with E-state index in [1.165, 1.54) is 11.9 Å². The minimum absolute atomic E-state index is 0.216. The molecule has 114 valence electrons. The monoisotopic (exact) mass is 324 g/mol. The highest BCUT2D eigenvalue weighted by atomic mass is 35.5. The Morgan fingerprint density at radius 3 is 2.76 bits per heavy atom. The lowest BCUT2D eigenvalue weighted by Gasteiger charge is -2.32. The summed E-state index contributed by atoms with van der Waals surface area (Å²) in [5, 5.41) is 6.30. The molecule has 0 saturated heterocycles. The van der Waals surface area contributed by atoms with Crippen molar-refractivity contribution in [1.29, 1.82) is 0 Å². The Bertz CT molecular complexity index is 597. The van der Waals surface area contributed by atoms with Gasteiger partial charge in [-0.25, -0.2) is 0 Å². The van der Waals surface area contributed by atoms with Crippen LogP contribution in [0.25, 0.3) is 0 Å². The fraction of sp³-hybridized carbons (Fsp3) is 0.400. The van der Waals surface area contributed by atoms with Gasteiger partial charge in [0.05, 0.1) is 5.71 Å². The van der Waals surface area contributed by atoms with E-state index in [4.69, 9.17) is 22.5 Å². The average Bonchev–Trinajstić information content (AvgIpc) is 2.47. The lowest BCUT2D eigenvalue weighted by molar-refractivity contribution is 0.273. The highest BCUT2D eigenvalue weighted by Crippen LogP contribution is 2.27. The zero-order valence-corrected chi connectivity index (χ0v) is 14.1. The lowest BCUT2D eigenvalue weighted by Crippen LogP contribution is -2.40. The molecule has 0 spiro atoms. The van der Waals surface area contributed by atoms with Gasteiger partial charge in [0.2, 0.25) is 0 Å². The first-order valence-corrected chi connectivity index (χ1v) is 8.07. The van der Waals surface area contributed by atoms with Crippen LogP contribution in [0.15, 0.2) is 39.4 Å². The van der Waals surface area contributed by atoms with Crippen LogP contribution in [0.2, 0.25) is 5.02 Å². The van der Waals surface area contributed by atoms with Crippen LogP contribution in [-0.4, -0.2) is 37.3 Å².